The van der Waals surface area contributed by atoms with Gasteiger partial charge in [-0.05, 0) is 60.9 Å². The van der Waals surface area contributed by atoms with Crippen LogP contribution >= 0.6 is 0 Å². The second kappa shape index (κ2) is 9.73. The molecule has 0 aromatic heterocycles. The highest BCUT2D eigenvalue weighted by Gasteiger charge is 2.25. The summed E-state index contributed by atoms with van der Waals surface area (Å²) in [6.45, 7) is 19.9. The van der Waals surface area contributed by atoms with E-state index in [0.717, 1.165) is 45.6 Å². The summed E-state index contributed by atoms with van der Waals surface area (Å²) < 4.78 is 5.64. The molecule has 0 atom stereocenters. The van der Waals surface area contributed by atoms with Gasteiger partial charge in [0.2, 0.25) is 5.91 Å². The first-order chi connectivity index (χ1) is 11.1. The fourth-order valence-corrected chi connectivity index (χ4v) is 2.87. The predicted octanol–water partition coefficient (Wildman–Crippen LogP) is 2.50. The third-order valence-corrected chi connectivity index (χ3v) is 4.38. The number of ether oxygens (including phenoxy) is 1. The van der Waals surface area contributed by atoms with Gasteiger partial charge < -0.3 is 15.0 Å². The molecule has 5 heteroatoms. The van der Waals surface area contributed by atoms with Crippen molar-refractivity contribution in [1.82, 2.24) is 15.1 Å². The molecule has 142 valence electrons. The van der Waals surface area contributed by atoms with E-state index in [0.29, 0.717) is 19.6 Å². The zero-order valence-corrected chi connectivity index (χ0v) is 16.8. The summed E-state index contributed by atoms with van der Waals surface area (Å²) in [6, 6.07) is 0. The number of piperazine rings is 1. The van der Waals surface area contributed by atoms with Gasteiger partial charge in [-0.25, -0.2) is 0 Å². The molecule has 0 bridgehead atoms. The van der Waals surface area contributed by atoms with Crippen molar-refractivity contribution in [3.63, 3.8) is 0 Å². The Bertz CT molecular complexity index is 364. The fraction of sp³-hybridized carbons (Fsp3) is 0.947. The van der Waals surface area contributed by atoms with Crippen molar-refractivity contribution in [2.24, 2.45) is 0 Å². The molecular formula is C19H39N3O2. The summed E-state index contributed by atoms with van der Waals surface area (Å²) in [5.41, 5.74) is 0.170. The molecule has 1 aliphatic rings. The summed E-state index contributed by atoms with van der Waals surface area (Å²) >= 11 is 0. The Balaban J connectivity index is 2.02. The number of hydrogen-bond acceptors (Lipinski definition) is 4. The lowest BCUT2D eigenvalue weighted by atomic mass is 10.0. The molecule has 0 aliphatic carbocycles. The Morgan fingerprint density at radius 2 is 1.62 bits per heavy atom. The van der Waals surface area contributed by atoms with Crippen LogP contribution in [0, 0.1) is 0 Å². The van der Waals surface area contributed by atoms with Crippen molar-refractivity contribution in [3.05, 3.63) is 0 Å². The van der Waals surface area contributed by atoms with Crippen LogP contribution in [0.3, 0.4) is 0 Å². The summed E-state index contributed by atoms with van der Waals surface area (Å²) in [4.78, 5) is 16.9. The van der Waals surface area contributed by atoms with Crippen molar-refractivity contribution in [2.45, 2.75) is 71.9 Å². The van der Waals surface area contributed by atoms with E-state index in [9.17, 15) is 4.79 Å². The minimum absolute atomic E-state index is 0.0962. The molecule has 0 spiro atoms. The van der Waals surface area contributed by atoms with E-state index < -0.39 is 0 Å². The van der Waals surface area contributed by atoms with E-state index >= 15 is 0 Å². The molecule has 5 nitrogen and oxygen atoms in total. The monoisotopic (exact) mass is 341 g/mol. The first kappa shape index (κ1) is 21.4. The van der Waals surface area contributed by atoms with Gasteiger partial charge in [-0.3, -0.25) is 9.69 Å². The molecular weight excluding hydrogens is 302 g/mol. The largest absolute Gasteiger partial charge is 0.376 e. The van der Waals surface area contributed by atoms with Gasteiger partial charge in [-0.1, -0.05) is 0 Å². The molecule has 1 heterocycles. The van der Waals surface area contributed by atoms with E-state index in [1.165, 1.54) is 0 Å². The van der Waals surface area contributed by atoms with Crippen LogP contribution in [0.25, 0.3) is 0 Å². The maximum absolute atomic E-state index is 11.8. The van der Waals surface area contributed by atoms with Crippen LogP contribution < -0.4 is 5.32 Å². The molecule has 1 amide bonds. The summed E-state index contributed by atoms with van der Waals surface area (Å²) in [6.07, 6.45) is 2.44. The van der Waals surface area contributed by atoms with E-state index in [1.54, 1.807) is 0 Å². The second-order valence-corrected chi connectivity index (χ2v) is 8.77. The third-order valence-electron chi connectivity index (χ3n) is 4.38. The maximum Gasteiger partial charge on any atom is 0.220 e. The van der Waals surface area contributed by atoms with Crippen LogP contribution in [0.2, 0.25) is 0 Å². The Labute approximate surface area is 149 Å². The highest BCUT2D eigenvalue weighted by atomic mass is 16.5. The van der Waals surface area contributed by atoms with Crippen LogP contribution in [0.5, 0.6) is 0 Å². The zero-order valence-electron chi connectivity index (χ0n) is 16.8. The lowest BCUT2D eigenvalue weighted by Crippen LogP contribution is -2.53. The number of hydrogen-bond donors (Lipinski definition) is 1. The highest BCUT2D eigenvalue weighted by molar-refractivity contribution is 5.75. The number of rotatable bonds is 8. The Kier molecular flexibility index (Phi) is 8.68. The highest BCUT2D eigenvalue weighted by Crippen LogP contribution is 2.15. The van der Waals surface area contributed by atoms with Gasteiger partial charge in [0.25, 0.3) is 0 Å². The third kappa shape index (κ3) is 9.60. The van der Waals surface area contributed by atoms with Crippen molar-refractivity contribution in [3.8, 4) is 0 Å². The molecule has 1 rings (SSSR count). The van der Waals surface area contributed by atoms with Crippen LogP contribution in [0.4, 0.5) is 0 Å². The minimum atomic E-state index is -0.0962. The number of carbonyl (C=O) groups is 1. The average Bonchev–Trinajstić information content (AvgIpc) is 2.45. The zero-order chi connectivity index (χ0) is 18.2. The molecule has 1 saturated heterocycles. The fourth-order valence-electron chi connectivity index (χ4n) is 2.87. The number of nitrogens with zero attached hydrogens (tertiary/aromatic N) is 2. The van der Waals surface area contributed by atoms with Crippen LogP contribution in [-0.4, -0.2) is 72.7 Å². The van der Waals surface area contributed by atoms with Crippen LogP contribution in [-0.2, 0) is 9.53 Å². The van der Waals surface area contributed by atoms with Gasteiger partial charge in [0.15, 0.2) is 0 Å². The molecule has 0 unspecified atom stereocenters. The van der Waals surface area contributed by atoms with Crippen molar-refractivity contribution < 1.29 is 9.53 Å². The molecule has 1 N–H and O–H groups in total. The Morgan fingerprint density at radius 1 is 1.00 bits per heavy atom. The van der Waals surface area contributed by atoms with Gasteiger partial charge in [0.05, 0.1) is 5.60 Å². The normalized spacial score (nSPS) is 17.9. The lowest BCUT2D eigenvalue weighted by molar-refractivity contribution is -0.121. The first-order valence-corrected chi connectivity index (χ1v) is 9.46. The summed E-state index contributed by atoms with van der Waals surface area (Å²) in [5.74, 6) is 0.166. The van der Waals surface area contributed by atoms with Crippen molar-refractivity contribution >= 4 is 5.91 Å². The van der Waals surface area contributed by atoms with E-state index in [4.69, 9.17) is 4.74 Å². The second-order valence-electron chi connectivity index (χ2n) is 8.77. The van der Waals surface area contributed by atoms with Gasteiger partial charge >= 0.3 is 0 Å². The number of carbonyl (C=O) groups excluding carboxylic acids is 1. The summed E-state index contributed by atoms with van der Waals surface area (Å²) in [5, 5.41) is 2.99. The molecule has 24 heavy (non-hydrogen) atoms. The SMILES string of the molecule is CC(C)(C)OCCCNC(=O)CCCN1CCN(C(C)(C)C)CC1. The van der Waals surface area contributed by atoms with Crippen molar-refractivity contribution in [2.75, 3.05) is 45.9 Å². The van der Waals surface area contributed by atoms with Gasteiger partial charge in [0.1, 0.15) is 0 Å². The van der Waals surface area contributed by atoms with Gasteiger partial charge in [0, 0.05) is 51.3 Å². The maximum atomic E-state index is 11.8. The van der Waals surface area contributed by atoms with E-state index in [2.05, 4.69) is 35.9 Å². The molecule has 1 fully saturated rings. The van der Waals surface area contributed by atoms with E-state index in [1.807, 2.05) is 20.8 Å². The lowest BCUT2D eigenvalue weighted by Gasteiger charge is -2.42. The Hall–Kier alpha value is -0.650. The number of amides is 1. The molecule has 0 saturated carbocycles. The van der Waals surface area contributed by atoms with Gasteiger partial charge in [-0.2, -0.15) is 0 Å². The molecule has 0 aromatic rings. The van der Waals surface area contributed by atoms with Crippen molar-refractivity contribution in [1.29, 1.82) is 0 Å². The molecule has 1 aliphatic heterocycles. The van der Waals surface area contributed by atoms with Gasteiger partial charge in [-0.15, -0.1) is 0 Å². The van der Waals surface area contributed by atoms with Crippen LogP contribution in [0.1, 0.15) is 60.8 Å². The smallest absolute Gasteiger partial charge is 0.220 e. The quantitative estimate of drug-likeness (QED) is 0.689. The average molecular weight is 342 g/mol. The number of nitrogens with one attached hydrogen (secondary N) is 1. The predicted molar refractivity (Wildman–Crippen MR) is 100 cm³/mol. The topological polar surface area (TPSA) is 44.8 Å². The molecule has 0 aromatic carbocycles. The van der Waals surface area contributed by atoms with E-state index in [-0.39, 0.29) is 17.0 Å². The Morgan fingerprint density at radius 3 is 2.17 bits per heavy atom. The minimum Gasteiger partial charge on any atom is -0.376 e. The summed E-state index contributed by atoms with van der Waals surface area (Å²) in [7, 11) is 0. The first-order valence-electron chi connectivity index (χ1n) is 9.46. The standard InChI is InChI=1S/C19H39N3O2/c1-18(2,3)22-14-12-21(13-15-22)11-7-9-17(23)20-10-8-16-24-19(4,5)6/h7-16H2,1-6H3,(H,20,23). The molecule has 0 radical (unpaired) electrons. The van der Waals surface area contributed by atoms with Crippen LogP contribution in [0.15, 0.2) is 0 Å².